The third-order valence-corrected chi connectivity index (χ3v) is 3.27. The third-order valence-electron chi connectivity index (χ3n) is 2.78. The average Bonchev–Trinajstić information content (AvgIpc) is 2.45. The van der Waals surface area contributed by atoms with Crippen LogP contribution < -0.4 is 5.32 Å². The lowest BCUT2D eigenvalue weighted by Crippen LogP contribution is -2.09. The van der Waals surface area contributed by atoms with E-state index in [-0.39, 0.29) is 11.7 Å². The van der Waals surface area contributed by atoms with E-state index in [2.05, 4.69) is 21.2 Å². The molecule has 0 bridgehead atoms. The molecule has 0 fully saturated rings. The van der Waals surface area contributed by atoms with Crippen LogP contribution in [0.3, 0.4) is 0 Å². The molecule has 21 heavy (non-hydrogen) atoms. The van der Waals surface area contributed by atoms with Crippen LogP contribution in [-0.2, 0) is 4.79 Å². The zero-order valence-corrected chi connectivity index (χ0v) is 13.1. The van der Waals surface area contributed by atoms with Crippen molar-refractivity contribution in [2.24, 2.45) is 0 Å². The van der Waals surface area contributed by atoms with E-state index in [1.165, 1.54) is 13.0 Å². The van der Waals surface area contributed by atoms with E-state index in [1.54, 1.807) is 30.3 Å². The lowest BCUT2D eigenvalue weighted by molar-refractivity contribution is -0.114. The molecule has 0 spiro atoms. The van der Waals surface area contributed by atoms with Gasteiger partial charge in [0.05, 0.1) is 5.69 Å². The summed E-state index contributed by atoms with van der Waals surface area (Å²) in [7, 11) is 0. The highest BCUT2D eigenvalue weighted by molar-refractivity contribution is 9.10. The summed E-state index contributed by atoms with van der Waals surface area (Å²) in [6, 6.07) is 14.6. The summed E-state index contributed by atoms with van der Waals surface area (Å²) in [4.78, 5) is 23.4. The number of ketones is 1. The molecular formula is C17H14BrNO2. The first kappa shape index (κ1) is 15.2. The first-order chi connectivity index (χ1) is 10.1. The van der Waals surface area contributed by atoms with Crippen LogP contribution in [0.15, 0.2) is 59.1 Å². The number of carbonyl (C=O) groups excluding carboxylic acids is 2. The lowest BCUT2D eigenvalue weighted by atomic mass is 10.1. The van der Waals surface area contributed by atoms with Crippen LogP contribution in [0.25, 0.3) is 6.08 Å². The molecule has 0 saturated heterocycles. The number of amides is 1. The van der Waals surface area contributed by atoms with Gasteiger partial charge in [-0.2, -0.15) is 0 Å². The Kier molecular flexibility index (Phi) is 5.06. The van der Waals surface area contributed by atoms with Gasteiger partial charge in [-0.3, -0.25) is 9.59 Å². The lowest BCUT2D eigenvalue weighted by Gasteiger charge is -2.06. The summed E-state index contributed by atoms with van der Waals surface area (Å²) in [5.41, 5.74) is 1.92. The minimum Gasteiger partial charge on any atom is -0.326 e. The predicted octanol–water partition coefficient (Wildman–Crippen LogP) is 4.30. The third kappa shape index (κ3) is 4.39. The Morgan fingerprint density at radius 1 is 1.10 bits per heavy atom. The van der Waals surface area contributed by atoms with E-state index < -0.39 is 0 Å². The standard InChI is InChI=1S/C17H14BrNO2/c1-12(20)19-16-8-3-2-7-15(16)17(21)10-9-13-5-4-6-14(18)11-13/h2-11H,1H3,(H,19,20)/b10-9+. The molecule has 0 aliphatic carbocycles. The van der Waals surface area contributed by atoms with Crippen LogP contribution in [0.1, 0.15) is 22.8 Å². The molecule has 0 aromatic heterocycles. The Morgan fingerprint density at radius 2 is 1.86 bits per heavy atom. The largest absolute Gasteiger partial charge is 0.326 e. The molecule has 2 aromatic rings. The molecular weight excluding hydrogens is 330 g/mol. The van der Waals surface area contributed by atoms with Gasteiger partial charge < -0.3 is 5.32 Å². The minimum atomic E-state index is -0.203. The van der Waals surface area contributed by atoms with Crippen molar-refractivity contribution in [1.82, 2.24) is 0 Å². The first-order valence-electron chi connectivity index (χ1n) is 6.41. The highest BCUT2D eigenvalue weighted by Gasteiger charge is 2.08. The fourth-order valence-electron chi connectivity index (χ4n) is 1.87. The summed E-state index contributed by atoms with van der Waals surface area (Å²) in [6.07, 6.45) is 3.25. The fraction of sp³-hybridized carbons (Fsp3) is 0.0588. The van der Waals surface area contributed by atoms with Gasteiger partial charge in [0.25, 0.3) is 0 Å². The second-order valence-corrected chi connectivity index (χ2v) is 5.40. The number of benzene rings is 2. The Labute approximate surface area is 131 Å². The normalized spacial score (nSPS) is 10.6. The van der Waals surface area contributed by atoms with Crippen LogP contribution in [-0.4, -0.2) is 11.7 Å². The van der Waals surface area contributed by atoms with Crippen molar-refractivity contribution in [3.8, 4) is 0 Å². The van der Waals surface area contributed by atoms with E-state index in [4.69, 9.17) is 0 Å². The number of hydrogen-bond donors (Lipinski definition) is 1. The summed E-state index contributed by atoms with van der Waals surface area (Å²) in [5, 5.41) is 2.66. The second kappa shape index (κ2) is 6.99. The van der Waals surface area contributed by atoms with E-state index in [9.17, 15) is 9.59 Å². The van der Waals surface area contributed by atoms with Crippen LogP contribution in [0.2, 0.25) is 0 Å². The van der Waals surface area contributed by atoms with E-state index in [1.807, 2.05) is 24.3 Å². The van der Waals surface area contributed by atoms with Crippen molar-refractivity contribution in [3.05, 3.63) is 70.2 Å². The molecule has 4 heteroatoms. The van der Waals surface area contributed by atoms with Gasteiger partial charge in [-0.05, 0) is 35.9 Å². The van der Waals surface area contributed by atoms with E-state index >= 15 is 0 Å². The van der Waals surface area contributed by atoms with Crippen molar-refractivity contribution in [1.29, 1.82) is 0 Å². The molecule has 0 aliphatic heterocycles. The number of rotatable bonds is 4. The van der Waals surface area contributed by atoms with Gasteiger partial charge in [0, 0.05) is 17.0 Å². The molecule has 1 N–H and O–H groups in total. The summed E-state index contributed by atoms with van der Waals surface area (Å²) < 4.78 is 0.954. The Morgan fingerprint density at radius 3 is 2.57 bits per heavy atom. The van der Waals surface area contributed by atoms with Crippen LogP contribution in [0.5, 0.6) is 0 Å². The maximum absolute atomic E-state index is 12.3. The van der Waals surface area contributed by atoms with Crippen molar-refractivity contribution in [2.45, 2.75) is 6.92 Å². The van der Waals surface area contributed by atoms with Crippen LogP contribution >= 0.6 is 15.9 Å². The van der Waals surface area contributed by atoms with Crippen LogP contribution in [0, 0.1) is 0 Å². The summed E-state index contributed by atoms with van der Waals surface area (Å²) in [6.45, 7) is 1.42. The summed E-state index contributed by atoms with van der Waals surface area (Å²) >= 11 is 3.39. The molecule has 0 heterocycles. The number of nitrogens with one attached hydrogen (secondary N) is 1. The Hall–Kier alpha value is -2.20. The van der Waals surface area contributed by atoms with Crippen molar-refractivity contribution < 1.29 is 9.59 Å². The quantitative estimate of drug-likeness (QED) is 0.664. The fourth-order valence-corrected chi connectivity index (χ4v) is 2.29. The van der Waals surface area contributed by atoms with Gasteiger partial charge in [-0.1, -0.05) is 46.3 Å². The van der Waals surface area contributed by atoms with E-state index in [0.29, 0.717) is 11.3 Å². The maximum atomic E-state index is 12.3. The Balaban J connectivity index is 2.22. The monoisotopic (exact) mass is 343 g/mol. The molecule has 0 radical (unpaired) electrons. The highest BCUT2D eigenvalue weighted by atomic mass is 79.9. The molecule has 1 amide bonds. The molecule has 2 rings (SSSR count). The predicted molar refractivity (Wildman–Crippen MR) is 88.3 cm³/mol. The van der Waals surface area contributed by atoms with Gasteiger partial charge in [0.1, 0.15) is 0 Å². The molecule has 0 saturated carbocycles. The van der Waals surface area contributed by atoms with Gasteiger partial charge in [0.15, 0.2) is 5.78 Å². The zero-order valence-electron chi connectivity index (χ0n) is 11.5. The van der Waals surface area contributed by atoms with Gasteiger partial charge in [-0.15, -0.1) is 0 Å². The maximum Gasteiger partial charge on any atom is 0.221 e. The second-order valence-electron chi connectivity index (χ2n) is 4.48. The van der Waals surface area contributed by atoms with Gasteiger partial charge in [-0.25, -0.2) is 0 Å². The van der Waals surface area contributed by atoms with Gasteiger partial charge >= 0.3 is 0 Å². The number of para-hydroxylation sites is 1. The van der Waals surface area contributed by atoms with Gasteiger partial charge in [0.2, 0.25) is 5.91 Å². The van der Waals surface area contributed by atoms with Crippen molar-refractivity contribution in [3.63, 3.8) is 0 Å². The van der Waals surface area contributed by atoms with Crippen molar-refractivity contribution >= 4 is 39.4 Å². The van der Waals surface area contributed by atoms with Crippen molar-refractivity contribution in [2.75, 3.05) is 5.32 Å². The number of hydrogen-bond acceptors (Lipinski definition) is 2. The topological polar surface area (TPSA) is 46.2 Å². The minimum absolute atomic E-state index is 0.153. The molecule has 2 aromatic carbocycles. The molecule has 3 nitrogen and oxygen atoms in total. The van der Waals surface area contributed by atoms with E-state index in [0.717, 1.165) is 10.0 Å². The zero-order chi connectivity index (χ0) is 15.2. The first-order valence-corrected chi connectivity index (χ1v) is 7.20. The molecule has 106 valence electrons. The number of carbonyl (C=O) groups is 2. The number of allylic oxidation sites excluding steroid dienone is 1. The molecule has 0 unspecified atom stereocenters. The highest BCUT2D eigenvalue weighted by Crippen LogP contribution is 2.17. The SMILES string of the molecule is CC(=O)Nc1ccccc1C(=O)/C=C/c1cccc(Br)c1. The molecule has 0 aliphatic rings. The number of anilines is 1. The summed E-state index contributed by atoms with van der Waals surface area (Å²) in [5.74, 6) is -0.356. The molecule has 0 atom stereocenters. The average molecular weight is 344 g/mol. The smallest absolute Gasteiger partial charge is 0.221 e. The van der Waals surface area contributed by atoms with Crippen LogP contribution in [0.4, 0.5) is 5.69 Å². The number of halogens is 1. The Bertz CT molecular complexity index is 707.